The number of nitrogens with one attached hydrogen (secondary N) is 1. The second-order valence-corrected chi connectivity index (χ2v) is 7.44. The van der Waals surface area contributed by atoms with Crippen molar-refractivity contribution in [2.45, 2.75) is 13.5 Å². The highest BCUT2D eigenvalue weighted by Crippen LogP contribution is 2.33. The maximum atomic E-state index is 12.4. The topological polar surface area (TPSA) is 82.5 Å². The van der Waals surface area contributed by atoms with Crippen LogP contribution in [0.25, 0.3) is 11.3 Å². The lowest BCUT2D eigenvalue weighted by atomic mass is 10.1. The number of hydrogen-bond donors (Lipinski definition) is 1. The maximum absolute atomic E-state index is 12.4. The summed E-state index contributed by atoms with van der Waals surface area (Å²) in [5.41, 5.74) is 2.68. The molecule has 0 saturated carbocycles. The number of rotatable bonds is 4. The molecule has 1 N–H and O–H groups in total. The first-order chi connectivity index (χ1) is 14.0. The molecule has 4 rings (SSSR count). The lowest BCUT2D eigenvalue weighted by Gasteiger charge is -2.18. The van der Waals surface area contributed by atoms with Gasteiger partial charge in [0.1, 0.15) is 19.8 Å². The predicted molar refractivity (Wildman–Crippen MR) is 112 cm³/mol. The number of amides is 1. The molecule has 7 nitrogen and oxygen atoms in total. The van der Waals surface area contributed by atoms with E-state index in [1.54, 1.807) is 12.1 Å². The minimum atomic E-state index is -0.355. The third kappa shape index (κ3) is 4.32. The van der Waals surface area contributed by atoms with Crippen LogP contribution in [0.5, 0.6) is 11.5 Å². The number of carbonyl (C=O) groups is 1. The van der Waals surface area contributed by atoms with Crippen LogP contribution < -0.4 is 20.3 Å². The largest absolute Gasteiger partial charge is 0.486 e. The van der Waals surface area contributed by atoms with Crippen LogP contribution in [-0.2, 0) is 11.3 Å². The molecule has 0 atom stereocenters. The van der Waals surface area contributed by atoms with Crippen molar-refractivity contribution in [3.8, 4) is 22.8 Å². The van der Waals surface area contributed by atoms with Crippen molar-refractivity contribution < 1.29 is 14.3 Å². The molecule has 3 aromatic rings. The van der Waals surface area contributed by atoms with Crippen molar-refractivity contribution in [3.63, 3.8) is 0 Å². The van der Waals surface area contributed by atoms with Gasteiger partial charge in [0.15, 0.2) is 11.5 Å². The molecule has 1 aromatic heterocycles. The molecule has 8 heteroatoms. The van der Waals surface area contributed by atoms with Gasteiger partial charge in [0.05, 0.1) is 5.69 Å². The molecule has 0 aliphatic carbocycles. The Balaban J connectivity index is 1.54. The van der Waals surface area contributed by atoms with E-state index < -0.39 is 0 Å². The van der Waals surface area contributed by atoms with E-state index in [1.807, 2.05) is 37.3 Å². The number of ether oxygens (including phenoxy) is 2. The van der Waals surface area contributed by atoms with E-state index in [-0.39, 0.29) is 18.0 Å². The summed E-state index contributed by atoms with van der Waals surface area (Å²) in [5.74, 6) is 0.975. The van der Waals surface area contributed by atoms with Crippen LogP contribution in [0.2, 0.25) is 0 Å². The number of benzene rings is 2. The fourth-order valence-corrected chi connectivity index (χ4v) is 3.30. The monoisotopic (exact) mass is 455 g/mol. The number of fused-ring (bicyclic) bond motifs is 1. The third-order valence-corrected chi connectivity index (χ3v) is 5.31. The van der Waals surface area contributed by atoms with Crippen molar-refractivity contribution in [1.29, 1.82) is 0 Å². The number of halogens is 1. The van der Waals surface area contributed by atoms with E-state index in [0.717, 1.165) is 20.3 Å². The summed E-state index contributed by atoms with van der Waals surface area (Å²) in [6.07, 6.45) is 0. The lowest BCUT2D eigenvalue weighted by Crippen LogP contribution is -2.29. The lowest BCUT2D eigenvalue weighted by molar-refractivity contribution is -0.117. The Morgan fingerprint density at radius 1 is 1.10 bits per heavy atom. The summed E-state index contributed by atoms with van der Waals surface area (Å²) < 4.78 is 13.2. The average Bonchev–Trinajstić information content (AvgIpc) is 2.72. The molecule has 0 spiro atoms. The molecule has 0 bridgehead atoms. The van der Waals surface area contributed by atoms with Crippen LogP contribution in [0, 0.1) is 6.92 Å². The van der Waals surface area contributed by atoms with E-state index in [9.17, 15) is 9.59 Å². The van der Waals surface area contributed by atoms with Gasteiger partial charge in [-0.1, -0.05) is 22.0 Å². The van der Waals surface area contributed by atoms with Crippen molar-refractivity contribution >= 4 is 27.5 Å². The van der Waals surface area contributed by atoms with Crippen LogP contribution in [-0.4, -0.2) is 28.9 Å². The molecule has 2 heterocycles. The summed E-state index contributed by atoms with van der Waals surface area (Å²) >= 11 is 3.44. The standard InChI is InChI=1S/C21H18BrN3O4/c1-13-2-4-15(11-16(13)22)23-20(26)12-25-21(27)7-5-17(24-25)14-3-6-18-19(10-14)29-9-8-28-18/h2-7,10-11H,8-9,12H2,1H3,(H,23,26). The molecule has 2 aromatic carbocycles. The first-order valence-electron chi connectivity index (χ1n) is 9.04. The van der Waals surface area contributed by atoms with E-state index in [4.69, 9.17) is 9.47 Å². The first-order valence-corrected chi connectivity index (χ1v) is 9.83. The van der Waals surface area contributed by atoms with Gasteiger partial charge in [-0.3, -0.25) is 9.59 Å². The molecule has 0 radical (unpaired) electrons. The average molecular weight is 456 g/mol. The zero-order valence-corrected chi connectivity index (χ0v) is 17.2. The Morgan fingerprint density at radius 3 is 2.69 bits per heavy atom. The molecule has 1 aliphatic rings. The second-order valence-electron chi connectivity index (χ2n) is 6.59. The minimum absolute atomic E-state index is 0.192. The third-order valence-electron chi connectivity index (χ3n) is 4.45. The van der Waals surface area contributed by atoms with Gasteiger partial charge in [0.2, 0.25) is 5.91 Å². The molecular weight excluding hydrogens is 438 g/mol. The SMILES string of the molecule is Cc1ccc(NC(=O)Cn2nc(-c3ccc4c(c3)OCCO4)ccc2=O)cc1Br. The minimum Gasteiger partial charge on any atom is -0.486 e. The molecular formula is C21H18BrN3O4. The normalized spacial score (nSPS) is 12.5. The molecule has 0 saturated heterocycles. The number of carbonyl (C=O) groups excluding carboxylic acids is 1. The van der Waals surface area contributed by atoms with Crippen molar-refractivity contribution in [1.82, 2.24) is 9.78 Å². The van der Waals surface area contributed by atoms with E-state index in [0.29, 0.717) is 36.1 Å². The number of aromatic nitrogens is 2. The zero-order valence-electron chi connectivity index (χ0n) is 15.6. The van der Waals surface area contributed by atoms with E-state index in [2.05, 4.69) is 26.3 Å². The smallest absolute Gasteiger partial charge is 0.267 e. The van der Waals surface area contributed by atoms with Gasteiger partial charge < -0.3 is 14.8 Å². The molecule has 1 aliphatic heterocycles. The van der Waals surface area contributed by atoms with Crippen LogP contribution in [0.1, 0.15) is 5.56 Å². The number of nitrogens with zero attached hydrogens (tertiary/aromatic N) is 2. The number of aryl methyl sites for hydroxylation is 1. The molecule has 148 valence electrons. The summed E-state index contributed by atoms with van der Waals surface area (Å²) in [4.78, 5) is 24.6. The molecule has 29 heavy (non-hydrogen) atoms. The van der Waals surface area contributed by atoms with E-state index >= 15 is 0 Å². The first kappa shape index (κ1) is 19.2. The van der Waals surface area contributed by atoms with Gasteiger partial charge in [-0.15, -0.1) is 0 Å². The van der Waals surface area contributed by atoms with Crippen LogP contribution in [0.15, 0.2) is 57.8 Å². The van der Waals surface area contributed by atoms with Crippen LogP contribution in [0.3, 0.4) is 0 Å². The maximum Gasteiger partial charge on any atom is 0.267 e. The van der Waals surface area contributed by atoms with Gasteiger partial charge in [-0.25, -0.2) is 4.68 Å². The van der Waals surface area contributed by atoms with Crippen LogP contribution >= 0.6 is 15.9 Å². The zero-order chi connectivity index (χ0) is 20.4. The Hall–Kier alpha value is -3.13. The van der Waals surface area contributed by atoms with Gasteiger partial charge in [-0.2, -0.15) is 5.10 Å². The highest BCUT2D eigenvalue weighted by Gasteiger charge is 2.14. The Bertz CT molecular complexity index is 1140. The number of anilines is 1. The molecule has 0 unspecified atom stereocenters. The molecule has 1 amide bonds. The van der Waals surface area contributed by atoms with Gasteiger partial charge in [0, 0.05) is 21.8 Å². The second kappa shape index (κ2) is 8.08. The van der Waals surface area contributed by atoms with E-state index in [1.165, 1.54) is 6.07 Å². The van der Waals surface area contributed by atoms with Crippen LogP contribution in [0.4, 0.5) is 5.69 Å². The highest BCUT2D eigenvalue weighted by molar-refractivity contribution is 9.10. The predicted octanol–water partition coefficient (Wildman–Crippen LogP) is 3.39. The fourth-order valence-electron chi connectivity index (χ4n) is 2.93. The van der Waals surface area contributed by atoms with Crippen molar-refractivity contribution in [2.75, 3.05) is 18.5 Å². The summed E-state index contributed by atoms with van der Waals surface area (Å²) in [6, 6.07) is 14.0. The summed E-state index contributed by atoms with van der Waals surface area (Å²) in [5, 5.41) is 7.12. The van der Waals surface area contributed by atoms with Gasteiger partial charge in [-0.05, 0) is 48.9 Å². The van der Waals surface area contributed by atoms with Gasteiger partial charge in [0.25, 0.3) is 5.56 Å². The van der Waals surface area contributed by atoms with Crippen molar-refractivity contribution in [2.24, 2.45) is 0 Å². The number of hydrogen-bond acceptors (Lipinski definition) is 5. The van der Waals surface area contributed by atoms with Gasteiger partial charge >= 0.3 is 0 Å². The fraction of sp³-hybridized carbons (Fsp3) is 0.190. The van der Waals surface area contributed by atoms with Crippen molar-refractivity contribution in [3.05, 3.63) is 68.9 Å². The Morgan fingerprint density at radius 2 is 1.90 bits per heavy atom. The Labute approximate surface area is 175 Å². The highest BCUT2D eigenvalue weighted by atomic mass is 79.9. The summed E-state index contributed by atoms with van der Waals surface area (Å²) in [6.45, 7) is 2.77. The summed E-state index contributed by atoms with van der Waals surface area (Å²) in [7, 11) is 0. The Kier molecular flexibility index (Phi) is 5.35. The quantitative estimate of drug-likeness (QED) is 0.651. The molecule has 0 fully saturated rings.